The van der Waals surface area contributed by atoms with E-state index in [0.717, 1.165) is 0 Å². The fourth-order valence-corrected chi connectivity index (χ4v) is 2.57. The van der Waals surface area contributed by atoms with Gasteiger partial charge in [-0.25, -0.2) is 0 Å². The maximum Gasteiger partial charge on any atom is 1.00 e. The first-order valence-corrected chi connectivity index (χ1v) is 13.8. The Labute approximate surface area is 414 Å². The Kier molecular flexibility index (Phi) is 7.67. The normalized spacial score (nSPS) is 40.6. The van der Waals surface area contributed by atoms with Gasteiger partial charge in [-0.15, -0.1) is 0 Å². The molecule has 0 aromatic carbocycles. The quantitative estimate of drug-likeness (QED) is 0.0416. The number of hydrogen-bond acceptors (Lipinski definition) is 10. The van der Waals surface area contributed by atoms with Gasteiger partial charge >= 0.3 is 41.5 Å². The average molecular weight is 807 g/mol. The summed E-state index contributed by atoms with van der Waals surface area (Å²) in [5.41, 5.74) is 0. The van der Waals surface area contributed by atoms with E-state index in [4.69, 9.17) is 90.1 Å². The average Bonchev–Trinajstić information content (AvgIpc) is 0.681. The Bertz CT molecular complexity index is 3370. The van der Waals surface area contributed by atoms with E-state index in [9.17, 15) is 24.2 Å². The molecule has 0 amide bonds. The van der Waals surface area contributed by atoms with E-state index in [1.54, 1.807) is 0 Å². The molecule has 10 nitrogen and oxygen atoms in total. The third kappa shape index (κ3) is 37.7. The number of esters is 2. The van der Waals surface area contributed by atoms with E-state index in [1.807, 2.05) is 0 Å². The third-order valence-corrected chi connectivity index (χ3v) is 4.49. The Hall–Kier alpha value is -0.0300. The minimum atomic E-state index is -6.19. The van der Waals surface area contributed by atoms with Crippen molar-refractivity contribution in [1.82, 2.24) is 0 Å². The summed E-state index contributed by atoms with van der Waals surface area (Å²) in [6.07, 6.45) is -154. The van der Waals surface area contributed by atoms with Gasteiger partial charge in [-0.05, 0) is 12.7 Å². The summed E-state index contributed by atoms with van der Waals surface area (Å²) in [4.78, 5) is 40.3. The summed E-state index contributed by atoms with van der Waals surface area (Å²) in [5.74, 6) is -6.32. The van der Waals surface area contributed by atoms with Crippen LogP contribution in [0.3, 0.4) is 0 Å². The van der Waals surface area contributed by atoms with Gasteiger partial charge in [0.15, 0.2) is 6.10 Å². The Morgan fingerprint density at radius 1 is 0.620 bits per heavy atom. The SMILES string of the molecule is [2H]C([2H])([2H])C([2H])([2H])C([2H])([2H])C([2H])([2H])C([2H])([2H])C([2H])([2H])C([2H])([2H])C([2H])([2H])C([2H])([2H])C([2H])([2H])C([2H])([2H])C([2H])([2H])C([2H])([2H])C([2H])([2H])C([2H])([2H])C(=O)OC[C@H](COP(=O)([O-])OCC(O)CO)OC(=O)C([2H])([2H])C([2H])([2H])C([2H])([2H])C([2H])([2H])C([2H])([2H])C([2H])([2H])C([2H])([2H])C([2H])([2H])C([2H])([2H])C([2H])([2H])C([2H])([2H])C([2H])([2H])C([2H])([2H])C([2H])([2H])C([2H])([2H])[2H].[Na+]. The molecule has 0 saturated heterocycles. The Morgan fingerprint density at radius 3 is 1.38 bits per heavy atom. The van der Waals surface area contributed by atoms with Gasteiger partial charge in [-0.3, -0.25) is 14.2 Å². The van der Waals surface area contributed by atoms with Gasteiger partial charge in [0, 0.05) is 97.7 Å². The fourth-order valence-electron chi connectivity index (χ4n) is 1.80. The predicted molar refractivity (Wildman–Crippen MR) is 194 cm³/mol. The molecule has 0 rings (SSSR count). The molecule has 0 aromatic heterocycles. The van der Waals surface area contributed by atoms with Gasteiger partial charge in [0.2, 0.25) is 0 Å². The Morgan fingerprint density at radius 2 is 0.980 bits per heavy atom. The largest absolute Gasteiger partial charge is 1.00 e. The molecule has 2 unspecified atom stereocenters. The molecule has 0 aliphatic heterocycles. The van der Waals surface area contributed by atoms with E-state index in [2.05, 4.69) is 18.5 Å². The van der Waals surface area contributed by atoms with Crippen molar-refractivity contribution >= 4 is 19.8 Å². The zero-order valence-electron chi connectivity index (χ0n) is 87.6. The van der Waals surface area contributed by atoms with Crippen molar-refractivity contribution in [3.8, 4) is 0 Å². The number of ether oxygens (including phenoxy) is 2. The van der Waals surface area contributed by atoms with Crippen LogP contribution in [0.5, 0.6) is 0 Å². The predicted octanol–water partition coefficient (Wildman–Crippen LogP) is 6.26. The van der Waals surface area contributed by atoms with Crippen LogP contribution in [-0.2, 0) is 32.7 Å². The van der Waals surface area contributed by atoms with Crippen LogP contribution in [0.1, 0.15) is 277 Å². The standard InChI is InChI=1S/C38H75O10P.Na/c1-3-5-7-9-11-13-15-17-19-21-23-25-27-29-37(41)45-33-36(34-47-49(43,44)46-32-35(40)31-39)48-38(42)30-28-26-24-22-20-18-16-14-12-10-8-6-4-2;/h35-36,39-40H,3-34H2,1-2H3,(H,43,44);/q;+1/p-1/t35?,36-;/m1./s1/i1D3,2D3,3D2,4D2,5D2,6D2,7D2,8D2,9D2,10D2,11D2,12D2,13D2,14D2,15D2,16D2,17D2,18D2,19D2,20D2,21D2,22D2,23D2,24D2,25D2,26D2,27D2,28D2,29D2,30D2;. The van der Waals surface area contributed by atoms with Crippen LogP contribution in [0.2, 0.25) is 0 Å². The summed E-state index contributed by atoms with van der Waals surface area (Å²) >= 11 is 0. The van der Waals surface area contributed by atoms with Crippen molar-refractivity contribution in [1.29, 1.82) is 0 Å². The van der Waals surface area contributed by atoms with Gasteiger partial charge < -0.3 is 33.6 Å². The maximum absolute atomic E-state index is 13.9. The summed E-state index contributed by atoms with van der Waals surface area (Å²) in [6.45, 7) is -16.0. The van der Waals surface area contributed by atoms with Crippen molar-refractivity contribution in [3.05, 3.63) is 0 Å². The number of hydrogen-bond donors (Lipinski definition) is 2. The molecule has 0 spiro atoms. The van der Waals surface area contributed by atoms with Gasteiger partial charge in [0.1, 0.15) is 12.7 Å². The molecule has 0 fully saturated rings. The monoisotopic (exact) mass is 807 g/mol. The van der Waals surface area contributed by atoms with Crippen molar-refractivity contribution in [2.75, 3.05) is 26.4 Å². The molecule has 3 atom stereocenters. The second-order valence-electron chi connectivity index (χ2n) is 7.00. The first-order valence-electron chi connectivity index (χ1n) is 43.4. The smallest absolute Gasteiger partial charge is 0.756 e. The van der Waals surface area contributed by atoms with E-state index in [-0.39, 0.29) is 29.6 Å². The molecule has 0 radical (unpaired) electrons. The molecule has 2 N–H and O–H groups in total. The minimum Gasteiger partial charge on any atom is -0.756 e. The Balaban J connectivity index is 0. The van der Waals surface area contributed by atoms with Gasteiger partial charge in [-0.1, -0.05) is 167 Å². The molecule has 0 aromatic rings. The molecule has 50 heavy (non-hydrogen) atoms. The van der Waals surface area contributed by atoms with E-state index in [0.29, 0.717) is 0 Å². The number of phosphoric acid groups is 1. The third-order valence-electron chi connectivity index (χ3n) is 3.56. The number of rotatable bonds is 38. The number of aliphatic hydroxyl groups is 2. The van der Waals surface area contributed by atoms with Crippen molar-refractivity contribution in [2.45, 2.75) is 204 Å². The second kappa shape index (κ2) is 38.7. The molecule has 0 aliphatic carbocycles. The van der Waals surface area contributed by atoms with Crippen LogP contribution in [0.4, 0.5) is 0 Å². The molecule has 0 heterocycles. The van der Waals surface area contributed by atoms with Gasteiger partial charge in [0.05, 0.1) is 19.8 Å². The maximum atomic E-state index is 13.9. The zero-order chi connectivity index (χ0) is 91.5. The molecule has 12 heteroatoms. The second-order valence-corrected chi connectivity index (χ2v) is 8.41. The number of carbonyl (C=O) groups is 2. The van der Waals surface area contributed by atoms with E-state index in [1.165, 1.54) is 0 Å². The molecule has 0 aliphatic rings. The first kappa shape index (κ1) is 9.91. The molecular weight excluding hydrogens is 670 g/mol. The van der Waals surface area contributed by atoms with Crippen molar-refractivity contribution in [3.63, 3.8) is 0 Å². The van der Waals surface area contributed by atoms with Gasteiger partial charge in [0.25, 0.3) is 7.82 Å². The number of aliphatic hydroxyl groups excluding tert-OH is 2. The summed E-state index contributed by atoms with van der Waals surface area (Å²) in [5, 5.41) is 18.6. The van der Waals surface area contributed by atoms with Crippen LogP contribution in [-0.4, -0.2) is 60.8 Å². The number of phosphoric ester groups is 1. The minimum absolute atomic E-state index is 0. The van der Waals surface area contributed by atoms with Crippen molar-refractivity contribution < 1.29 is 162 Å². The molecule has 0 bridgehead atoms. The summed E-state index contributed by atoms with van der Waals surface area (Å²) in [7, 11) is -6.19. The number of carbonyl (C=O) groups excluding carboxylic acids is 2. The van der Waals surface area contributed by atoms with E-state index < -0.39 is 251 Å². The van der Waals surface area contributed by atoms with Crippen LogP contribution >= 0.6 is 7.82 Å². The summed E-state index contributed by atoms with van der Waals surface area (Å²) in [6, 6.07) is 0. The molecule has 292 valence electrons. The molecular formula is C38H74NaO10P. The first-order chi connectivity index (χ1) is 47.1. The van der Waals surface area contributed by atoms with Gasteiger partial charge in [-0.2, -0.15) is 0 Å². The van der Waals surface area contributed by atoms with Crippen LogP contribution in [0, 0.1) is 0 Å². The van der Waals surface area contributed by atoms with E-state index >= 15 is 0 Å². The van der Waals surface area contributed by atoms with Crippen LogP contribution in [0.25, 0.3) is 0 Å². The van der Waals surface area contributed by atoms with Crippen molar-refractivity contribution in [2.24, 2.45) is 0 Å². The fraction of sp³-hybridized carbons (Fsp3) is 0.947. The molecule has 0 saturated carbocycles. The summed E-state index contributed by atoms with van der Waals surface area (Å²) < 4.78 is 538. The zero-order valence-corrected chi connectivity index (χ0v) is 28.5. The topological polar surface area (TPSA) is 152 Å². The van der Waals surface area contributed by atoms with Crippen LogP contribution in [0.15, 0.2) is 0 Å². The van der Waals surface area contributed by atoms with Crippen LogP contribution < -0.4 is 34.5 Å².